The predicted octanol–water partition coefficient (Wildman–Crippen LogP) is 4.02. The average molecular weight is 510 g/mol. The van der Waals surface area contributed by atoms with Crippen LogP contribution < -0.4 is 10.2 Å². The maximum atomic E-state index is 12.7. The van der Waals surface area contributed by atoms with Gasteiger partial charge in [0.15, 0.2) is 5.82 Å². The second-order valence-corrected chi connectivity index (χ2v) is 10.5. The SMILES string of the molecule is CC(C)(C)OC(=O)N1C[C@@H]2C[C@H]1CN2c1cc(-n2nc(Nc3cnccn3)c3cc(C#N)ccc32)ccn1. The van der Waals surface area contributed by atoms with Gasteiger partial charge in [0.25, 0.3) is 0 Å². The monoisotopic (exact) mass is 509 g/mol. The highest BCUT2D eigenvalue weighted by atomic mass is 16.6. The van der Waals surface area contributed by atoms with E-state index in [2.05, 4.69) is 31.2 Å². The number of ether oxygens (including phenoxy) is 1. The molecule has 5 heterocycles. The highest BCUT2D eigenvalue weighted by Crippen LogP contribution is 2.36. The van der Waals surface area contributed by atoms with Crippen LogP contribution in [0.15, 0.2) is 55.1 Å². The van der Waals surface area contributed by atoms with Gasteiger partial charge in [-0.25, -0.2) is 19.4 Å². The van der Waals surface area contributed by atoms with E-state index in [1.54, 1.807) is 30.9 Å². The van der Waals surface area contributed by atoms with Gasteiger partial charge < -0.3 is 19.9 Å². The molecule has 11 heteroatoms. The molecule has 2 atom stereocenters. The topological polar surface area (TPSA) is 125 Å². The molecule has 2 saturated heterocycles. The van der Waals surface area contributed by atoms with E-state index >= 15 is 0 Å². The molecule has 1 N–H and O–H groups in total. The fourth-order valence-electron chi connectivity index (χ4n) is 5.15. The van der Waals surface area contributed by atoms with Crippen LogP contribution in [0, 0.1) is 11.3 Å². The lowest BCUT2D eigenvalue weighted by Gasteiger charge is -2.35. The Kier molecular flexibility index (Phi) is 5.60. The first-order valence-corrected chi connectivity index (χ1v) is 12.5. The summed E-state index contributed by atoms with van der Waals surface area (Å²) in [5, 5.41) is 18.3. The number of carbonyl (C=O) groups is 1. The number of anilines is 3. The Balaban J connectivity index is 1.30. The van der Waals surface area contributed by atoms with Gasteiger partial charge in [0.05, 0.1) is 41.1 Å². The van der Waals surface area contributed by atoms with Crippen LogP contribution in [0.3, 0.4) is 0 Å². The molecule has 0 unspecified atom stereocenters. The van der Waals surface area contributed by atoms with Crippen molar-refractivity contribution in [3.05, 3.63) is 60.7 Å². The van der Waals surface area contributed by atoms with Crippen molar-refractivity contribution in [2.75, 3.05) is 23.3 Å². The number of nitrogens with one attached hydrogen (secondary N) is 1. The highest BCUT2D eigenvalue weighted by molar-refractivity contribution is 5.93. The predicted molar refractivity (Wildman–Crippen MR) is 141 cm³/mol. The first kappa shape index (κ1) is 23.7. The van der Waals surface area contributed by atoms with Gasteiger partial charge in [0.2, 0.25) is 0 Å². The summed E-state index contributed by atoms with van der Waals surface area (Å²) in [6.45, 7) is 6.96. The first-order valence-electron chi connectivity index (χ1n) is 12.5. The molecule has 11 nitrogen and oxygen atoms in total. The highest BCUT2D eigenvalue weighted by Gasteiger charge is 2.47. The van der Waals surface area contributed by atoms with Crippen molar-refractivity contribution in [2.24, 2.45) is 0 Å². The maximum absolute atomic E-state index is 12.7. The third-order valence-corrected chi connectivity index (χ3v) is 6.76. The van der Waals surface area contributed by atoms with Gasteiger partial charge in [-0.2, -0.15) is 5.26 Å². The molecular formula is C27H27N9O2. The Labute approximate surface area is 219 Å². The Morgan fingerprint density at radius 2 is 1.97 bits per heavy atom. The van der Waals surface area contributed by atoms with Crippen LogP contribution in [-0.4, -0.2) is 66.5 Å². The molecule has 2 aliphatic rings. The largest absolute Gasteiger partial charge is 0.444 e. The molecule has 0 spiro atoms. The lowest BCUT2D eigenvalue weighted by molar-refractivity contribution is 0.0214. The number of hydrogen-bond acceptors (Lipinski definition) is 9. The molecule has 192 valence electrons. The van der Waals surface area contributed by atoms with E-state index in [1.165, 1.54) is 0 Å². The molecule has 2 bridgehead atoms. The van der Waals surface area contributed by atoms with Crippen molar-refractivity contribution < 1.29 is 9.53 Å². The summed E-state index contributed by atoms with van der Waals surface area (Å²) >= 11 is 0. The van der Waals surface area contributed by atoms with Gasteiger partial charge in [0, 0.05) is 43.1 Å². The minimum Gasteiger partial charge on any atom is -0.444 e. The number of piperazine rings is 1. The van der Waals surface area contributed by atoms with Gasteiger partial charge in [-0.1, -0.05) is 0 Å². The third kappa shape index (κ3) is 4.34. The Hall–Kier alpha value is -4.72. The van der Waals surface area contributed by atoms with Crippen molar-refractivity contribution in [3.63, 3.8) is 0 Å². The van der Waals surface area contributed by atoms with Crippen LogP contribution in [0.25, 0.3) is 16.6 Å². The molecule has 0 saturated carbocycles. The van der Waals surface area contributed by atoms with E-state index in [1.807, 2.05) is 54.6 Å². The lowest BCUT2D eigenvalue weighted by Crippen LogP contribution is -2.50. The number of nitrogens with zero attached hydrogens (tertiary/aromatic N) is 8. The van der Waals surface area contributed by atoms with Gasteiger partial charge in [0.1, 0.15) is 17.2 Å². The second kappa shape index (κ2) is 8.99. The summed E-state index contributed by atoms with van der Waals surface area (Å²) in [6, 6.07) is 11.9. The number of hydrogen-bond donors (Lipinski definition) is 1. The van der Waals surface area contributed by atoms with Crippen LogP contribution in [-0.2, 0) is 4.74 Å². The molecule has 38 heavy (non-hydrogen) atoms. The number of amides is 1. The van der Waals surface area contributed by atoms with Crippen LogP contribution >= 0.6 is 0 Å². The van der Waals surface area contributed by atoms with Gasteiger partial charge in [-0.15, -0.1) is 5.10 Å². The molecule has 2 fully saturated rings. The quantitative estimate of drug-likeness (QED) is 0.434. The summed E-state index contributed by atoms with van der Waals surface area (Å²) in [5.74, 6) is 1.96. The normalized spacial score (nSPS) is 18.6. The molecule has 1 amide bonds. The summed E-state index contributed by atoms with van der Waals surface area (Å²) in [5.41, 5.74) is 1.70. The smallest absolute Gasteiger partial charge is 0.410 e. The minimum atomic E-state index is -0.518. The lowest BCUT2D eigenvalue weighted by atomic mass is 10.1. The van der Waals surface area contributed by atoms with Crippen LogP contribution in [0.5, 0.6) is 0 Å². The molecule has 0 aliphatic carbocycles. The molecule has 1 aromatic carbocycles. The van der Waals surface area contributed by atoms with E-state index in [-0.39, 0.29) is 18.2 Å². The van der Waals surface area contributed by atoms with Crippen molar-refractivity contribution in [2.45, 2.75) is 44.9 Å². The van der Waals surface area contributed by atoms with Gasteiger partial charge in [-0.05, 0) is 51.5 Å². The molecule has 0 radical (unpaired) electrons. The fourth-order valence-corrected chi connectivity index (χ4v) is 5.15. The summed E-state index contributed by atoms with van der Waals surface area (Å²) in [4.78, 5) is 29.8. The first-order chi connectivity index (χ1) is 18.3. The zero-order valence-electron chi connectivity index (χ0n) is 21.4. The molecule has 6 rings (SSSR count). The van der Waals surface area contributed by atoms with Crippen molar-refractivity contribution in [3.8, 4) is 11.8 Å². The number of rotatable bonds is 4. The maximum Gasteiger partial charge on any atom is 0.410 e. The standard InChI is InChI=1S/C27H27N9O2/c1-27(2,3)38-26(37)35-16-19-11-20(35)15-34(19)24-12-18(6-7-31-24)36-22-5-4-17(13-28)10-21(22)25(33-36)32-23-14-29-8-9-30-23/h4-10,12,14,19-20H,11,15-16H2,1-3H3,(H,30,32,33)/t19-,20-/m0/s1. The molecule has 2 aliphatic heterocycles. The molecular weight excluding hydrogens is 482 g/mol. The second-order valence-electron chi connectivity index (χ2n) is 10.5. The van der Waals surface area contributed by atoms with Gasteiger partial charge in [-0.3, -0.25) is 4.98 Å². The van der Waals surface area contributed by atoms with Gasteiger partial charge >= 0.3 is 6.09 Å². The number of fused-ring (bicyclic) bond motifs is 3. The van der Waals surface area contributed by atoms with Crippen LogP contribution in [0.1, 0.15) is 32.8 Å². The Bertz CT molecular complexity index is 1550. The number of nitriles is 1. The Morgan fingerprint density at radius 3 is 2.68 bits per heavy atom. The zero-order chi connectivity index (χ0) is 26.4. The summed E-state index contributed by atoms with van der Waals surface area (Å²) in [6.07, 6.45) is 7.23. The zero-order valence-corrected chi connectivity index (χ0v) is 21.4. The fraction of sp³-hybridized carbons (Fsp3) is 0.333. The van der Waals surface area contributed by atoms with Crippen molar-refractivity contribution >= 4 is 34.4 Å². The Morgan fingerprint density at radius 1 is 1.11 bits per heavy atom. The third-order valence-electron chi connectivity index (χ3n) is 6.76. The van der Waals surface area contributed by atoms with E-state index in [9.17, 15) is 10.1 Å². The van der Waals surface area contributed by atoms with E-state index in [0.29, 0.717) is 30.3 Å². The average Bonchev–Trinajstić information content (AvgIpc) is 3.61. The van der Waals surface area contributed by atoms with E-state index in [4.69, 9.17) is 9.84 Å². The van der Waals surface area contributed by atoms with Crippen molar-refractivity contribution in [1.82, 2.24) is 29.6 Å². The summed E-state index contributed by atoms with van der Waals surface area (Å²) < 4.78 is 7.44. The summed E-state index contributed by atoms with van der Waals surface area (Å²) in [7, 11) is 0. The van der Waals surface area contributed by atoms with Crippen LogP contribution in [0.2, 0.25) is 0 Å². The number of benzene rings is 1. The molecule has 3 aromatic heterocycles. The number of likely N-dealkylation sites (tertiary alicyclic amines) is 1. The minimum absolute atomic E-state index is 0.0954. The molecule has 4 aromatic rings. The number of aromatic nitrogens is 5. The van der Waals surface area contributed by atoms with E-state index in [0.717, 1.165) is 28.8 Å². The number of pyridine rings is 1. The number of carbonyl (C=O) groups excluding carboxylic acids is 1. The van der Waals surface area contributed by atoms with E-state index < -0.39 is 5.60 Å². The van der Waals surface area contributed by atoms with Crippen molar-refractivity contribution in [1.29, 1.82) is 5.26 Å². The van der Waals surface area contributed by atoms with Crippen LogP contribution in [0.4, 0.5) is 22.2 Å².